The Hall–Kier alpha value is -1.70. The van der Waals surface area contributed by atoms with E-state index in [1.165, 1.54) is 0 Å². The van der Waals surface area contributed by atoms with Gasteiger partial charge in [0.1, 0.15) is 5.03 Å². The summed E-state index contributed by atoms with van der Waals surface area (Å²) in [5.74, 6) is -1.14. The zero-order valence-electron chi connectivity index (χ0n) is 9.70. The van der Waals surface area contributed by atoms with Crippen molar-refractivity contribution in [3.05, 3.63) is 23.6 Å². The van der Waals surface area contributed by atoms with Gasteiger partial charge in [0, 0.05) is 19.5 Å². The summed E-state index contributed by atoms with van der Waals surface area (Å²) in [6, 6.07) is 0.774. The van der Waals surface area contributed by atoms with Crippen molar-refractivity contribution in [2.75, 3.05) is 11.9 Å². The number of hydrogen-bond donors (Lipinski definition) is 1. The monoisotopic (exact) mass is 272 g/mol. The van der Waals surface area contributed by atoms with Crippen molar-refractivity contribution < 1.29 is 13.2 Å². The summed E-state index contributed by atoms with van der Waals surface area (Å²) in [7, 11) is 0. The first-order valence-electron chi connectivity index (χ1n) is 5.18. The number of nitrogens with zero attached hydrogens (tertiary/aromatic N) is 3. The molecule has 0 saturated heterocycles. The van der Waals surface area contributed by atoms with Crippen molar-refractivity contribution in [3.8, 4) is 0 Å². The van der Waals surface area contributed by atoms with E-state index in [4.69, 9.17) is 4.42 Å². The fraction of sp³-hybridized carbons (Fsp3) is 0.300. The molecule has 0 unspecified atom stereocenters. The SMILES string of the molecule is CCNc1nc(Sc2nnc(C)o2)c(F)cc1F. The molecule has 0 bridgehead atoms. The van der Waals surface area contributed by atoms with Gasteiger partial charge in [0.25, 0.3) is 5.22 Å². The summed E-state index contributed by atoms with van der Waals surface area (Å²) < 4.78 is 31.9. The van der Waals surface area contributed by atoms with Crippen LogP contribution in [0.2, 0.25) is 0 Å². The minimum atomic E-state index is -0.769. The minimum absolute atomic E-state index is 0.00219. The molecule has 0 saturated carbocycles. The van der Waals surface area contributed by atoms with Gasteiger partial charge >= 0.3 is 0 Å². The number of rotatable bonds is 4. The molecule has 2 aromatic rings. The Labute approximate surface area is 106 Å². The predicted octanol–water partition coefficient (Wildman–Crippen LogP) is 2.63. The van der Waals surface area contributed by atoms with Gasteiger partial charge in [-0.2, -0.15) is 0 Å². The van der Waals surface area contributed by atoms with Crippen molar-refractivity contribution in [3.63, 3.8) is 0 Å². The molecule has 8 heteroatoms. The maximum atomic E-state index is 13.5. The molecule has 0 amide bonds. The van der Waals surface area contributed by atoms with Crippen LogP contribution in [-0.4, -0.2) is 21.7 Å². The highest BCUT2D eigenvalue weighted by atomic mass is 32.2. The lowest BCUT2D eigenvalue weighted by Crippen LogP contribution is -2.04. The van der Waals surface area contributed by atoms with Crippen LogP contribution in [0.4, 0.5) is 14.6 Å². The molecule has 5 nitrogen and oxygen atoms in total. The number of halogens is 2. The quantitative estimate of drug-likeness (QED) is 0.923. The maximum absolute atomic E-state index is 13.5. The molecule has 18 heavy (non-hydrogen) atoms. The molecule has 0 aliphatic heterocycles. The summed E-state index contributed by atoms with van der Waals surface area (Å²) in [4.78, 5) is 3.84. The van der Waals surface area contributed by atoms with E-state index in [1.807, 2.05) is 0 Å². The molecule has 0 radical (unpaired) electrons. The Kier molecular flexibility index (Phi) is 3.75. The highest BCUT2D eigenvalue weighted by molar-refractivity contribution is 7.99. The van der Waals surface area contributed by atoms with Crippen LogP contribution in [0.15, 0.2) is 20.7 Å². The third-order valence-electron chi connectivity index (χ3n) is 1.93. The number of aryl methyl sites for hydroxylation is 1. The van der Waals surface area contributed by atoms with Crippen LogP contribution in [0.1, 0.15) is 12.8 Å². The first kappa shape index (κ1) is 12.7. The molecule has 0 aliphatic rings. The standard InChI is InChI=1S/C10H10F2N4OS/c1-3-13-8-6(11)4-7(12)9(14-8)18-10-16-15-5(2)17-10/h4H,3H2,1-2H3,(H,13,14). The summed E-state index contributed by atoms with van der Waals surface area (Å²) in [5.41, 5.74) is 0. The normalized spacial score (nSPS) is 10.7. The lowest BCUT2D eigenvalue weighted by molar-refractivity contribution is 0.428. The molecule has 96 valence electrons. The first-order chi connectivity index (χ1) is 8.60. The molecule has 0 aromatic carbocycles. The second kappa shape index (κ2) is 5.30. The molecule has 2 aromatic heterocycles. The van der Waals surface area contributed by atoms with Gasteiger partial charge in [0.15, 0.2) is 17.5 Å². The van der Waals surface area contributed by atoms with Crippen LogP contribution in [-0.2, 0) is 0 Å². The van der Waals surface area contributed by atoms with Gasteiger partial charge in [-0.3, -0.25) is 0 Å². The molecule has 0 aliphatic carbocycles. The predicted molar refractivity (Wildman–Crippen MR) is 61.5 cm³/mol. The van der Waals surface area contributed by atoms with Gasteiger partial charge in [-0.25, -0.2) is 13.8 Å². The third-order valence-corrected chi connectivity index (χ3v) is 2.75. The van der Waals surface area contributed by atoms with Crippen molar-refractivity contribution in [2.45, 2.75) is 24.1 Å². The first-order valence-corrected chi connectivity index (χ1v) is 5.99. The second-order valence-corrected chi connectivity index (χ2v) is 4.27. The highest BCUT2D eigenvalue weighted by Crippen LogP contribution is 2.29. The van der Waals surface area contributed by atoms with E-state index < -0.39 is 11.6 Å². The van der Waals surface area contributed by atoms with E-state index >= 15 is 0 Å². The number of aromatic nitrogens is 3. The fourth-order valence-electron chi connectivity index (χ4n) is 1.22. The minimum Gasteiger partial charge on any atom is -0.416 e. The molecule has 1 N–H and O–H groups in total. The number of anilines is 1. The van der Waals surface area contributed by atoms with E-state index in [1.54, 1.807) is 13.8 Å². The van der Waals surface area contributed by atoms with E-state index in [9.17, 15) is 8.78 Å². The van der Waals surface area contributed by atoms with Gasteiger partial charge in [0.2, 0.25) is 5.89 Å². The van der Waals surface area contributed by atoms with Crippen molar-refractivity contribution >= 4 is 17.6 Å². The largest absolute Gasteiger partial charge is 0.416 e. The summed E-state index contributed by atoms with van der Waals surface area (Å²) in [6.07, 6.45) is 0. The molecular weight excluding hydrogens is 262 g/mol. The average molecular weight is 272 g/mol. The number of nitrogens with one attached hydrogen (secondary N) is 1. The van der Waals surface area contributed by atoms with Gasteiger partial charge in [-0.1, -0.05) is 0 Å². The number of pyridine rings is 1. The summed E-state index contributed by atoms with van der Waals surface area (Å²) >= 11 is 0.851. The van der Waals surface area contributed by atoms with E-state index in [-0.39, 0.29) is 16.1 Å². The van der Waals surface area contributed by atoms with E-state index in [0.29, 0.717) is 12.4 Å². The molecule has 0 fully saturated rings. The van der Waals surface area contributed by atoms with Crippen LogP contribution in [0.3, 0.4) is 0 Å². The third kappa shape index (κ3) is 2.76. The fourth-order valence-corrected chi connectivity index (χ4v) is 1.92. The van der Waals surface area contributed by atoms with Crippen LogP contribution < -0.4 is 5.32 Å². The van der Waals surface area contributed by atoms with Crippen molar-refractivity contribution in [2.24, 2.45) is 0 Å². The Balaban J connectivity index is 2.29. The van der Waals surface area contributed by atoms with Crippen LogP contribution in [0, 0.1) is 18.6 Å². The maximum Gasteiger partial charge on any atom is 0.283 e. The number of hydrogen-bond acceptors (Lipinski definition) is 6. The van der Waals surface area contributed by atoms with E-state index in [2.05, 4.69) is 20.5 Å². The summed E-state index contributed by atoms with van der Waals surface area (Å²) in [6.45, 7) is 3.90. The molecule has 2 rings (SSSR count). The Morgan fingerprint density at radius 3 is 2.72 bits per heavy atom. The van der Waals surface area contributed by atoms with Crippen molar-refractivity contribution in [1.82, 2.24) is 15.2 Å². The molecule has 0 spiro atoms. The van der Waals surface area contributed by atoms with Crippen LogP contribution >= 0.6 is 11.8 Å². The van der Waals surface area contributed by atoms with Crippen LogP contribution in [0.25, 0.3) is 0 Å². The Morgan fingerprint density at radius 1 is 1.33 bits per heavy atom. The average Bonchev–Trinajstić information content (AvgIpc) is 2.71. The zero-order chi connectivity index (χ0) is 13.1. The smallest absolute Gasteiger partial charge is 0.283 e. The van der Waals surface area contributed by atoms with Gasteiger partial charge in [0.05, 0.1) is 0 Å². The van der Waals surface area contributed by atoms with Crippen molar-refractivity contribution in [1.29, 1.82) is 0 Å². The van der Waals surface area contributed by atoms with E-state index in [0.717, 1.165) is 17.8 Å². The summed E-state index contributed by atoms with van der Waals surface area (Å²) in [5, 5.41) is 10.2. The molecular formula is C10H10F2N4OS. The van der Waals surface area contributed by atoms with Gasteiger partial charge in [-0.05, 0) is 18.7 Å². The van der Waals surface area contributed by atoms with Gasteiger partial charge < -0.3 is 9.73 Å². The lowest BCUT2D eigenvalue weighted by Gasteiger charge is -2.06. The van der Waals surface area contributed by atoms with Gasteiger partial charge in [-0.15, -0.1) is 10.2 Å². The molecule has 0 atom stereocenters. The Bertz CT molecular complexity index is 561. The highest BCUT2D eigenvalue weighted by Gasteiger charge is 2.15. The topological polar surface area (TPSA) is 63.8 Å². The second-order valence-electron chi connectivity index (χ2n) is 3.33. The van der Waals surface area contributed by atoms with Crippen LogP contribution in [0.5, 0.6) is 0 Å². The zero-order valence-corrected chi connectivity index (χ0v) is 10.5. The lowest BCUT2D eigenvalue weighted by atomic mass is 10.4. The molecule has 2 heterocycles. The Morgan fingerprint density at radius 2 is 2.11 bits per heavy atom.